The molecule has 0 atom stereocenters. The first-order valence-corrected chi connectivity index (χ1v) is 4.39. The number of hydrogen-bond acceptors (Lipinski definition) is 3. The van der Waals surface area contributed by atoms with E-state index < -0.39 is 30.7 Å². The number of ether oxygens (including phenoxy) is 1. The predicted octanol–water partition coefficient (Wildman–Crippen LogP) is 2.72. The lowest BCUT2D eigenvalue weighted by molar-refractivity contribution is -0.275. The van der Waals surface area contributed by atoms with E-state index in [1.54, 1.807) is 0 Å². The summed E-state index contributed by atoms with van der Waals surface area (Å²) in [6.45, 7) is 0.501. The molecule has 1 aromatic rings. The van der Waals surface area contributed by atoms with E-state index in [-0.39, 0.29) is 11.3 Å². The summed E-state index contributed by atoms with van der Waals surface area (Å²) in [5.74, 6) is -1.05. The van der Waals surface area contributed by atoms with Crippen LogP contribution in [0.25, 0.3) is 0 Å². The zero-order chi connectivity index (χ0) is 13.2. The summed E-state index contributed by atoms with van der Waals surface area (Å²) < 4.78 is 64.6. The number of nitrogens with zero attached hydrogens (tertiary/aromatic N) is 1. The average molecular weight is 257 g/mol. The molecule has 0 bridgehead atoms. The third kappa shape index (κ3) is 3.26. The molecule has 0 aromatic carbocycles. The van der Waals surface area contributed by atoms with Gasteiger partial charge in [0.2, 0.25) is 0 Å². The van der Waals surface area contributed by atoms with Gasteiger partial charge in [-0.2, -0.15) is 0 Å². The third-order valence-electron chi connectivity index (χ3n) is 2.03. The Kier molecular flexibility index (Phi) is 3.87. The van der Waals surface area contributed by atoms with Gasteiger partial charge in [0.1, 0.15) is 0 Å². The van der Waals surface area contributed by atoms with E-state index >= 15 is 0 Å². The Labute approximate surface area is 92.8 Å². The molecule has 8 heteroatoms. The maximum atomic E-state index is 12.6. The van der Waals surface area contributed by atoms with E-state index in [9.17, 15) is 22.0 Å². The van der Waals surface area contributed by atoms with Gasteiger partial charge >= 0.3 is 6.36 Å². The van der Waals surface area contributed by atoms with Gasteiger partial charge in [-0.15, -0.1) is 13.2 Å². The predicted molar refractivity (Wildman–Crippen MR) is 46.5 cm³/mol. The van der Waals surface area contributed by atoms with Crippen molar-refractivity contribution >= 4 is 0 Å². The summed E-state index contributed by atoms with van der Waals surface area (Å²) in [7, 11) is 0. The number of hydrogen-bond donors (Lipinski definition) is 1. The molecule has 1 heterocycles. The van der Waals surface area contributed by atoms with Crippen molar-refractivity contribution in [2.45, 2.75) is 26.3 Å². The SMILES string of the molecule is Cc1c(CO)ncc(OC(F)(F)F)c1C(F)F. The van der Waals surface area contributed by atoms with Crippen LogP contribution in [-0.4, -0.2) is 16.5 Å². The molecule has 1 rings (SSSR count). The van der Waals surface area contributed by atoms with Crippen molar-refractivity contribution in [1.29, 1.82) is 0 Å². The number of rotatable bonds is 3. The number of alkyl halides is 5. The lowest BCUT2D eigenvalue weighted by atomic mass is 10.1. The van der Waals surface area contributed by atoms with Crippen molar-refractivity contribution in [2.75, 3.05) is 0 Å². The first-order valence-electron chi connectivity index (χ1n) is 4.39. The van der Waals surface area contributed by atoms with Gasteiger partial charge in [-0.3, -0.25) is 4.98 Å². The van der Waals surface area contributed by atoms with Gasteiger partial charge in [-0.1, -0.05) is 0 Å². The van der Waals surface area contributed by atoms with Gasteiger partial charge < -0.3 is 9.84 Å². The van der Waals surface area contributed by atoms with Crippen LogP contribution >= 0.6 is 0 Å². The minimum Gasteiger partial charge on any atom is -0.404 e. The Morgan fingerprint density at radius 3 is 2.41 bits per heavy atom. The molecule has 0 aliphatic heterocycles. The summed E-state index contributed by atoms with van der Waals surface area (Å²) in [5, 5.41) is 8.78. The molecule has 1 aromatic heterocycles. The lowest BCUT2D eigenvalue weighted by Crippen LogP contribution is -2.19. The topological polar surface area (TPSA) is 42.4 Å². The highest BCUT2D eigenvalue weighted by atomic mass is 19.4. The van der Waals surface area contributed by atoms with Gasteiger partial charge in [0, 0.05) is 0 Å². The minimum absolute atomic E-state index is 0.116. The van der Waals surface area contributed by atoms with E-state index in [1.165, 1.54) is 0 Å². The third-order valence-corrected chi connectivity index (χ3v) is 2.03. The Hall–Kier alpha value is -1.44. The Bertz CT molecular complexity index is 405. The number of aliphatic hydroxyl groups is 1. The molecule has 0 fully saturated rings. The molecule has 0 aliphatic carbocycles. The van der Waals surface area contributed by atoms with Gasteiger partial charge in [-0.05, 0) is 12.5 Å². The van der Waals surface area contributed by atoms with Crippen LogP contribution < -0.4 is 4.74 Å². The fourth-order valence-electron chi connectivity index (χ4n) is 1.28. The summed E-state index contributed by atoms with van der Waals surface area (Å²) in [6, 6.07) is 0. The van der Waals surface area contributed by atoms with Crippen LogP contribution in [0.4, 0.5) is 22.0 Å². The van der Waals surface area contributed by atoms with Crippen LogP contribution in [0.3, 0.4) is 0 Å². The highest BCUT2D eigenvalue weighted by molar-refractivity contribution is 5.41. The highest BCUT2D eigenvalue weighted by Crippen LogP contribution is 2.35. The largest absolute Gasteiger partial charge is 0.573 e. The highest BCUT2D eigenvalue weighted by Gasteiger charge is 2.34. The molecule has 0 aliphatic rings. The fraction of sp³-hybridized carbons (Fsp3) is 0.444. The van der Waals surface area contributed by atoms with Crippen molar-refractivity contribution in [2.24, 2.45) is 0 Å². The normalized spacial score (nSPS) is 12.0. The van der Waals surface area contributed by atoms with E-state index in [0.717, 1.165) is 6.92 Å². The second-order valence-corrected chi connectivity index (χ2v) is 3.11. The van der Waals surface area contributed by atoms with Crippen molar-refractivity contribution < 1.29 is 31.8 Å². The molecule has 0 saturated heterocycles. The quantitative estimate of drug-likeness (QED) is 0.846. The zero-order valence-electron chi connectivity index (χ0n) is 8.55. The van der Waals surface area contributed by atoms with Crippen LogP contribution in [0, 0.1) is 6.92 Å². The maximum absolute atomic E-state index is 12.6. The van der Waals surface area contributed by atoms with Crippen molar-refractivity contribution in [3.63, 3.8) is 0 Å². The number of aromatic nitrogens is 1. The van der Waals surface area contributed by atoms with E-state index in [4.69, 9.17) is 5.11 Å². The van der Waals surface area contributed by atoms with Crippen LogP contribution in [0.5, 0.6) is 5.75 Å². The Morgan fingerprint density at radius 2 is 2.00 bits per heavy atom. The van der Waals surface area contributed by atoms with Crippen LogP contribution in [0.1, 0.15) is 23.2 Å². The van der Waals surface area contributed by atoms with Crippen LogP contribution in [-0.2, 0) is 6.61 Å². The van der Waals surface area contributed by atoms with Gasteiger partial charge in [0.15, 0.2) is 5.75 Å². The number of aliphatic hydroxyl groups excluding tert-OH is 1. The maximum Gasteiger partial charge on any atom is 0.573 e. The second-order valence-electron chi connectivity index (χ2n) is 3.11. The molecule has 0 unspecified atom stereocenters. The summed E-state index contributed by atoms with van der Waals surface area (Å²) in [4.78, 5) is 3.42. The lowest BCUT2D eigenvalue weighted by Gasteiger charge is -2.15. The second kappa shape index (κ2) is 4.82. The molecule has 3 nitrogen and oxygen atoms in total. The van der Waals surface area contributed by atoms with Crippen molar-refractivity contribution in [3.8, 4) is 5.75 Å². The first-order chi connectivity index (χ1) is 7.76. The minimum atomic E-state index is -5.07. The molecule has 1 N–H and O–H groups in total. The summed E-state index contributed by atoms with van der Waals surface area (Å²) in [6.07, 6.45) is -7.70. The molecular formula is C9H8F5NO2. The molecule has 17 heavy (non-hydrogen) atoms. The molecule has 0 spiro atoms. The number of pyridine rings is 1. The standard InChI is InChI=1S/C9H8F5NO2/c1-4-5(3-16)15-2-6(7(4)8(10)11)17-9(12,13)14/h2,8,16H,3H2,1H3. The van der Waals surface area contributed by atoms with Gasteiger partial charge in [-0.25, -0.2) is 8.78 Å². The van der Waals surface area contributed by atoms with Crippen LogP contribution in [0.15, 0.2) is 6.20 Å². The fourth-order valence-corrected chi connectivity index (χ4v) is 1.28. The van der Waals surface area contributed by atoms with E-state index in [1.807, 2.05) is 0 Å². The monoisotopic (exact) mass is 257 g/mol. The average Bonchev–Trinajstić information content (AvgIpc) is 2.14. The Morgan fingerprint density at radius 1 is 1.41 bits per heavy atom. The van der Waals surface area contributed by atoms with E-state index in [0.29, 0.717) is 6.20 Å². The van der Waals surface area contributed by atoms with Gasteiger partial charge in [0.05, 0.1) is 24.1 Å². The number of halogens is 5. The molecule has 0 amide bonds. The molecular weight excluding hydrogens is 249 g/mol. The molecule has 96 valence electrons. The van der Waals surface area contributed by atoms with E-state index in [2.05, 4.69) is 9.72 Å². The zero-order valence-corrected chi connectivity index (χ0v) is 8.55. The Balaban J connectivity index is 3.27. The first kappa shape index (κ1) is 13.6. The van der Waals surface area contributed by atoms with Crippen molar-refractivity contribution in [1.82, 2.24) is 4.98 Å². The van der Waals surface area contributed by atoms with Crippen LogP contribution in [0.2, 0.25) is 0 Å². The summed E-state index contributed by atoms with van der Waals surface area (Å²) in [5.41, 5.74) is -1.25. The smallest absolute Gasteiger partial charge is 0.404 e. The molecule has 0 saturated carbocycles. The van der Waals surface area contributed by atoms with Crippen molar-refractivity contribution in [3.05, 3.63) is 23.0 Å². The summed E-state index contributed by atoms with van der Waals surface area (Å²) >= 11 is 0. The van der Waals surface area contributed by atoms with Gasteiger partial charge in [0.25, 0.3) is 6.43 Å². The molecule has 0 radical (unpaired) electrons.